The van der Waals surface area contributed by atoms with Gasteiger partial charge >= 0.3 is 0 Å². The van der Waals surface area contributed by atoms with Crippen molar-refractivity contribution in [2.75, 3.05) is 0 Å². The molecule has 47 heavy (non-hydrogen) atoms. The number of oxazole rings is 1. The van der Waals surface area contributed by atoms with Gasteiger partial charge < -0.3 is 13.6 Å². The van der Waals surface area contributed by atoms with Crippen LogP contribution in [-0.2, 0) is 20.1 Å². The zero-order valence-corrected chi connectivity index (χ0v) is 30.3. The second kappa shape index (κ2) is 14.5. The van der Waals surface area contributed by atoms with Crippen molar-refractivity contribution in [2.45, 2.75) is 60.3 Å². The van der Waals surface area contributed by atoms with E-state index in [1.165, 1.54) is 33.6 Å². The van der Waals surface area contributed by atoms with Gasteiger partial charge in [-0.25, -0.2) is 4.98 Å². The Balaban J connectivity index is 0.000000191. The molecule has 0 bridgehead atoms. The molecule has 7 rings (SSSR count). The predicted molar refractivity (Wildman–Crippen MR) is 186 cm³/mol. The van der Waals surface area contributed by atoms with Crippen molar-refractivity contribution in [3.05, 3.63) is 138 Å². The van der Waals surface area contributed by atoms with Crippen LogP contribution in [-0.4, -0.2) is 24.1 Å². The number of aryl methyl sites for hydroxylation is 3. The Kier molecular flexibility index (Phi) is 10.4. The molecule has 0 atom stereocenters. The number of imidazole rings is 2. The second-order valence-electron chi connectivity index (χ2n) is 12.2. The van der Waals surface area contributed by atoms with Gasteiger partial charge in [0.15, 0.2) is 5.89 Å². The molecule has 0 saturated carbocycles. The second-order valence-corrected chi connectivity index (χ2v) is 12.2. The topological polar surface area (TPSA) is 61.7 Å². The monoisotopic (exact) mass is 798 g/mol. The summed E-state index contributed by atoms with van der Waals surface area (Å²) < 4.78 is 9.91. The molecule has 7 aromatic rings. The molecule has 6 nitrogen and oxygen atoms in total. The van der Waals surface area contributed by atoms with E-state index in [1.807, 2.05) is 68.1 Å². The molecule has 0 aliphatic carbocycles. The van der Waals surface area contributed by atoms with Gasteiger partial charge in [-0.05, 0) is 47.9 Å². The van der Waals surface area contributed by atoms with E-state index in [4.69, 9.17) is 4.42 Å². The van der Waals surface area contributed by atoms with Crippen LogP contribution in [0.3, 0.4) is 0 Å². The SMILES string of the molecule is Cc1cccc(C)c1-n1ccnc1-c1[c-]cccc1.Cc1nc2cc(-c3nccn3-c3c(C(C)C)cccc3C(C)C)[c-]cc2o1.[Ir]. The van der Waals surface area contributed by atoms with Crippen LogP contribution >= 0.6 is 0 Å². The van der Waals surface area contributed by atoms with Crippen molar-refractivity contribution >= 4 is 11.1 Å². The summed E-state index contributed by atoms with van der Waals surface area (Å²) in [5.74, 6) is 3.29. The van der Waals surface area contributed by atoms with Gasteiger partial charge in [-0.1, -0.05) is 64.1 Å². The van der Waals surface area contributed by atoms with Gasteiger partial charge in [-0.2, -0.15) is 0 Å². The molecule has 0 N–H and O–H groups in total. The number of rotatable bonds is 6. The molecule has 3 heterocycles. The summed E-state index contributed by atoms with van der Waals surface area (Å²) in [6.45, 7) is 15.0. The summed E-state index contributed by atoms with van der Waals surface area (Å²) in [5.41, 5.74) is 11.1. The first-order chi connectivity index (χ1) is 22.2. The zero-order valence-electron chi connectivity index (χ0n) is 27.9. The van der Waals surface area contributed by atoms with E-state index in [0.717, 1.165) is 33.9 Å². The third kappa shape index (κ3) is 6.92. The summed E-state index contributed by atoms with van der Waals surface area (Å²) >= 11 is 0. The van der Waals surface area contributed by atoms with Crippen LogP contribution in [0.15, 0.2) is 102 Å². The number of hydrogen-bond donors (Lipinski definition) is 0. The normalized spacial score (nSPS) is 11.1. The average Bonchev–Trinajstić information content (AvgIpc) is 3.80. The van der Waals surface area contributed by atoms with Crippen molar-refractivity contribution < 1.29 is 24.5 Å². The van der Waals surface area contributed by atoms with E-state index < -0.39 is 0 Å². The summed E-state index contributed by atoms with van der Waals surface area (Å²) in [6, 6.07) is 31.2. The average molecular weight is 798 g/mol. The Morgan fingerprint density at radius 3 is 1.87 bits per heavy atom. The smallest absolute Gasteiger partial charge is 0.180 e. The molecule has 0 saturated heterocycles. The Labute approximate surface area is 290 Å². The predicted octanol–water partition coefficient (Wildman–Crippen LogP) is 9.99. The first-order valence-corrected chi connectivity index (χ1v) is 15.8. The minimum absolute atomic E-state index is 0. The number of benzene rings is 4. The van der Waals surface area contributed by atoms with Crippen LogP contribution in [0.1, 0.15) is 67.7 Å². The largest absolute Gasteiger partial charge is 0.488 e. The molecule has 0 aliphatic rings. The van der Waals surface area contributed by atoms with Crippen molar-refractivity contribution in [1.29, 1.82) is 0 Å². The number of fused-ring (bicyclic) bond motifs is 1. The first-order valence-electron chi connectivity index (χ1n) is 15.8. The van der Waals surface area contributed by atoms with Crippen molar-refractivity contribution in [1.82, 2.24) is 24.1 Å². The molecular weight excluding hydrogens is 759 g/mol. The Bertz CT molecular complexity index is 2060. The van der Waals surface area contributed by atoms with Crippen LogP contribution in [0.25, 0.3) is 45.3 Å². The molecule has 3 aromatic heterocycles. The van der Waals surface area contributed by atoms with E-state index in [1.54, 1.807) is 0 Å². The van der Waals surface area contributed by atoms with Gasteiger partial charge in [0.05, 0.1) is 17.2 Å². The standard InChI is InChI=1S/C23H24N3O.C17H15N2.Ir/c1-14(2)18-7-6-8-19(15(3)4)22(18)26-12-11-24-23(26)17-9-10-21-20(13-17)25-16(5)27-21;1-13-7-6-8-14(2)16(13)19-12-11-18-17(19)15-9-4-3-5-10-15;/h6-8,10-15H,1-5H3;3-9,11-12H,1-2H3;/q2*-1;. The van der Waals surface area contributed by atoms with Gasteiger partial charge in [0.25, 0.3) is 0 Å². The summed E-state index contributed by atoms with van der Waals surface area (Å²) in [5, 5.41) is 0. The fraction of sp³-hybridized carbons (Fsp3) is 0.225. The maximum absolute atomic E-state index is 5.59. The maximum Gasteiger partial charge on any atom is 0.180 e. The molecular formula is C40H39IrN5O-2. The molecule has 0 fully saturated rings. The van der Waals surface area contributed by atoms with E-state index >= 15 is 0 Å². The van der Waals surface area contributed by atoms with Crippen molar-refractivity contribution in [2.24, 2.45) is 0 Å². The summed E-state index contributed by atoms with van der Waals surface area (Å²) in [4.78, 5) is 13.6. The Hall–Kier alpha value is -4.58. The van der Waals surface area contributed by atoms with Gasteiger partial charge in [-0.3, -0.25) is 9.97 Å². The quantitative estimate of drug-likeness (QED) is 0.157. The summed E-state index contributed by atoms with van der Waals surface area (Å²) in [7, 11) is 0. The van der Waals surface area contributed by atoms with Gasteiger partial charge in [0.1, 0.15) is 0 Å². The molecule has 0 aliphatic heterocycles. The Morgan fingerprint density at radius 1 is 0.681 bits per heavy atom. The minimum Gasteiger partial charge on any atom is -0.488 e. The van der Waals surface area contributed by atoms with Crippen LogP contribution in [0.2, 0.25) is 0 Å². The Morgan fingerprint density at radius 2 is 1.28 bits per heavy atom. The molecule has 0 amide bonds. The van der Waals surface area contributed by atoms with Gasteiger partial charge in [-0.15, -0.1) is 59.7 Å². The molecule has 7 heteroatoms. The number of para-hydroxylation sites is 2. The summed E-state index contributed by atoms with van der Waals surface area (Å²) in [6.07, 6.45) is 7.73. The van der Waals surface area contributed by atoms with E-state index in [2.05, 4.69) is 114 Å². The molecule has 4 aromatic carbocycles. The van der Waals surface area contributed by atoms with Crippen LogP contribution in [0, 0.1) is 32.9 Å². The third-order valence-electron chi connectivity index (χ3n) is 8.16. The van der Waals surface area contributed by atoms with Gasteiger partial charge in [0.2, 0.25) is 0 Å². The van der Waals surface area contributed by atoms with Gasteiger partial charge in [0, 0.05) is 68.7 Å². The minimum atomic E-state index is 0. The molecule has 1 radical (unpaired) electrons. The number of nitrogens with zero attached hydrogens (tertiary/aromatic N) is 5. The molecule has 241 valence electrons. The van der Waals surface area contributed by atoms with Crippen LogP contribution in [0.5, 0.6) is 0 Å². The third-order valence-corrected chi connectivity index (χ3v) is 8.16. The number of aromatic nitrogens is 5. The van der Waals surface area contributed by atoms with Crippen molar-refractivity contribution in [3.63, 3.8) is 0 Å². The van der Waals surface area contributed by atoms with E-state index in [0.29, 0.717) is 17.7 Å². The first kappa shape index (κ1) is 33.8. The molecule has 0 spiro atoms. The van der Waals surface area contributed by atoms with Crippen LogP contribution in [0.4, 0.5) is 0 Å². The number of hydrogen-bond acceptors (Lipinski definition) is 4. The zero-order chi connectivity index (χ0) is 32.4. The van der Waals surface area contributed by atoms with Crippen LogP contribution < -0.4 is 0 Å². The van der Waals surface area contributed by atoms with E-state index in [-0.39, 0.29) is 20.1 Å². The maximum atomic E-state index is 5.59. The fourth-order valence-electron chi connectivity index (χ4n) is 5.99. The molecule has 0 unspecified atom stereocenters. The van der Waals surface area contributed by atoms with E-state index in [9.17, 15) is 0 Å². The van der Waals surface area contributed by atoms with Crippen molar-refractivity contribution in [3.8, 4) is 34.2 Å². The fourth-order valence-corrected chi connectivity index (χ4v) is 5.99.